The average Bonchev–Trinajstić information content (AvgIpc) is 2.16. The van der Waals surface area contributed by atoms with Gasteiger partial charge in [-0.3, -0.25) is 9.78 Å². The van der Waals surface area contributed by atoms with E-state index in [0.29, 0.717) is 11.5 Å². The Hall–Kier alpha value is -1.38. The summed E-state index contributed by atoms with van der Waals surface area (Å²) < 4.78 is 0. The van der Waals surface area contributed by atoms with Crippen molar-refractivity contribution in [2.75, 3.05) is 7.05 Å². The van der Waals surface area contributed by atoms with Crippen LogP contribution in [0.1, 0.15) is 35.7 Å². The van der Waals surface area contributed by atoms with Crippen molar-refractivity contribution in [2.24, 2.45) is 0 Å². The molecule has 0 saturated carbocycles. The Morgan fingerprint density at radius 3 is 2.77 bits per heavy atom. The molecule has 0 fully saturated rings. The summed E-state index contributed by atoms with van der Waals surface area (Å²) in [6.07, 6.45) is 3.32. The molecule has 0 radical (unpaired) electrons. The van der Waals surface area contributed by atoms with Crippen LogP contribution in [0.2, 0.25) is 0 Å². The zero-order chi connectivity index (χ0) is 9.84. The zero-order valence-corrected chi connectivity index (χ0v) is 8.16. The highest BCUT2D eigenvalue weighted by Gasteiger charge is 2.11. The minimum absolute atomic E-state index is 0.0724. The van der Waals surface area contributed by atoms with E-state index in [-0.39, 0.29) is 5.91 Å². The molecular weight excluding hydrogens is 164 g/mol. The van der Waals surface area contributed by atoms with Crippen LogP contribution in [0.3, 0.4) is 0 Å². The molecule has 1 aromatic rings. The molecule has 1 N–H and O–H groups in total. The van der Waals surface area contributed by atoms with Crippen LogP contribution in [-0.2, 0) is 0 Å². The Morgan fingerprint density at radius 1 is 1.54 bits per heavy atom. The quantitative estimate of drug-likeness (QED) is 0.746. The van der Waals surface area contributed by atoms with Gasteiger partial charge in [0, 0.05) is 19.4 Å². The van der Waals surface area contributed by atoms with Crippen molar-refractivity contribution in [1.29, 1.82) is 0 Å². The van der Waals surface area contributed by atoms with Gasteiger partial charge in [0.1, 0.15) is 0 Å². The molecule has 1 amide bonds. The first-order valence-corrected chi connectivity index (χ1v) is 4.32. The number of rotatable bonds is 2. The number of aromatic nitrogens is 1. The van der Waals surface area contributed by atoms with Crippen LogP contribution in [0.25, 0.3) is 0 Å². The van der Waals surface area contributed by atoms with Gasteiger partial charge >= 0.3 is 0 Å². The van der Waals surface area contributed by atoms with Crippen molar-refractivity contribution in [3.8, 4) is 0 Å². The second kappa shape index (κ2) is 4.03. The van der Waals surface area contributed by atoms with Crippen molar-refractivity contribution >= 4 is 5.91 Å². The smallest absolute Gasteiger partial charge is 0.252 e. The van der Waals surface area contributed by atoms with Crippen LogP contribution in [0, 0.1) is 0 Å². The minimum Gasteiger partial charge on any atom is -0.355 e. The van der Waals surface area contributed by atoms with Crippen molar-refractivity contribution in [1.82, 2.24) is 10.3 Å². The maximum Gasteiger partial charge on any atom is 0.252 e. The van der Waals surface area contributed by atoms with Crippen molar-refractivity contribution in [3.63, 3.8) is 0 Å². The van der Waals surface area contributed by atoms with Gasteiger partial charge in [-0.25, -0.2) is 0 Å². The largest absolute Gasteiger partial charge is 0.355 e. The molecule has 0 aromatic carbocycles. The monoisotopic (exact) mass is 178 g/mol. The molecular formula is C10H14N2O. The summed E-state index contributed by atoms with van der Waals surface area (Å²) in [6.45, 7) is 4.11. The van der Waals surface area contributed by atoms with E-state index in [9.17, 15) is 4.79 Å². The lowest BCUT2D eigenvalue weighted by atomic mass is 9.99. The number of amides is 1. The Bertz CT molecular complexity index is 308. The highest BCUT2D eigenvalue weighted by Crippen LogP contribution is 2.17. The molecule has 0 aliphatic rings. The molecule has 0 aliphatic carbocycles. The van der Waals surface area contributed by atoms with E-state index in [2.05, 4.69) is 24.1 Å². The zero-order valence-electron chi connectivity index (χ0n) is 8.16. The van der Waals surface area contributed by atoms with Gasteiger partial charge < -0.3 is 5.32 Å². The lowest BCUT2D eigenvalue weighted by molar-refractivity contribution is 0.0961. The first-order chi connectivity index (χ1) is 6.16. The lowest BCUT2D eigenvalue weighted by Crippen LogP contribution is -2.20. The molecule has 1 rings (SSSR count). The van der Waals surface area contributed by atoms with Crippen LogP contribution in [0.5, 0.6) is 0 Å². The van der Waals surface area contributed by atoms with E-state index in [1.54, 1.807) is 19.4 Å². The fraction of sp³-hybridized carbons (Fsp3) is 0.400. The van der Waals surface area contributed by atoms with Crippen LogP contribution in [0.4, 0.5) is 0 Å². The van der Waals surface area contributed by atoms with E-state index in [1.165, 1.54) is 0 Å². The maximum absolute atomic E-state index is 11.4. The molecule has 0 atom stereocenters. The molecule has 13 heavy (non-hydrogen) atoms. The third kappa shape index (κ3) is 2.05. The summed E-state index contributed by atoms with van der Waals surface area (Å²) in [5.41, 5.74) is 1.70. The summed E-state index contributed by atoms with van der Waals surface area (Å²) >= 11 is 0. The number of carbonyl (C=O) groups is 1. The fourth-order valence-electron chi connectivity index (χ4n) is 1.23. The predicted octanol–water partition coefficient (Wildman–Crippen LogP) is 1.56. The molecule has 3 nitrogen and oxygen atoms in total. The number of nitrogens with zero attached hydrogens (tertiary/aromatic N) is 1. The second-order valence-electron chi connectivity index (χ2n) is 3.20. The lowest BCUT2D eigenvalue weighted by Gasteiger charge is -2.09. The Morgan fingerprint density at radius 2 is 2.23 bits per heavy atom. The van der Waals surface area contributed by atoms with Crippen molar-refractivity contribution in [2.45, 2.75) is 19.8 Å². The molecule has 1 heterocycles. The first kappa shape index (κ1) is 9.71. The van der Waals surface area contributed by atoms with Crippen LogP contribution >= 0.6 is 0 Å². The maximum atomic E-state index is 11.4. The van der Waals surface area contributed by atoms with Gasteiger partial charge in [-0.1, -0.05) is 13.8 Å². The topological polar surface area (TPSA) is 42.0 Å². The Labute approximate surface area is 78.2 Å². The SMILES string of the molecule is CNC(=O)c1cnccc1C(C)C. The average molecular weight is 178 g/mol. The summed E-state index contributed by atoms with van der Waals surface area (Å²) in [6, 6.07) is 1.88. The van der Waals surface area contributed by atoms with Gasteiger partial charge in [0.15, 0.2) is 0 Å². The summed E-state index contributed by atoms with van der Waals surface area (Å²) in [5.74, 6) is 0.270. The molecule has 1 aromatic heterocycles. The highest BCUT2D eigenvalue weighted by molar-refractivity contribution is 5.95. The summed E-state index contributed by atoms with van der Waals surface area (Å²) in [7, 11) is 1.62. The van der Waals surface area contributed by atoms with E-state index in [4.69, 9.17) is 0 Å². The number of nitrogens with one attached hydrogen (secondary N) is 1. The number of carbonyl (C=O) groups excluding carboxylic acids is 1. The van der Waals surface area contributed by atoms with Crippen molar-refractivity contribution < 1.29 is 4.79 Å². The van der Waals surface area contributed by atoms with Gasteiger partial charge in [-0.15, -0.1) is 0 Å². The van der Waals surface area contributed by atoms with Gasteiger partial charge in [0.05, 0.1) is 5.56 Å². The van der Waals surface area contributed by atoms with E-state index in [0.717, 1.165) is 5.56 Å². The predicted molar refractivity (Wildman–Crippen MR) is 51.7 cm³/mol. The van der Waals surface area contributed by atoms with E-state index >= 15 is 0 Å². The number of hydrogen-bond donors (Lipinski definition) is 1. The van der Waals surface area contributed by atoms with E-state index < -0.39 is 0 Å². The van der Waals surface area contributed by atoms with Gasteiger partial charge in [-0.2, -0.15) is 0 Å². The fourth-order valence-corrected chi connectivity index (χ4v) is 1.23. The standard InChI is InChI=1S/C10H14N2O/c1-7(2)8-4-5-12-6-9(8)10(13)11-3/h4-7H,1-3H3,(H,11,13). The van der Waals surface area contributed by atoms with Crippen LogP contribution in [-0.4, -0.2) is 17.9 Å². The Kier molecular flexibility index (Phi) is 3.01. The molecule has 70 valence electrons. The Balaban J connectivity index is 3.12. The van der Waals surface area contributed by atoms with Gasteiger partial charge in [0.25, 0.3) is 5.91 Å². The van der Waals surface area contributed by atoms with Gasteiger partial charge in [-0.05, 0) is 17.5 Å². The molecule has 0 saturated heterocycles. The summed E-state index contributed by atoms with van der Waals surface area (Å²) in [5, 5.41) is 2.60. The summed E-state index contributed by atoms with van der Waals surface area (Å²) in [4.78, 5) is 15.3. The highest BCUT2D eigenvalue weighted by atomic mass is 16.1. The normalized spacial score (nSPS) is 10.2. The molecule has 0 spiro atoms. The van der Waals surface area contributed by atoms with Crippen LogP contribution < -0.4 is 5.32 Å². The van der Waals surface area contributed by atoms with Gasteiger partial charge in [0.2, 0.25) is 0 Å². The third-order valence-electron chi connectivity index (χ3n) is 1.95. The van der Waals surface area contributed by atoms with Crippen molar-refractivity contribution in [3.05, 3.63) is 29.6 Å². The third-order valence-corrected chi connectivity index (χ3v) is 1.95. The molecule has 3 heteroatoms. The molecule has 0 bridgehead atoms. The second-order valence-corrected chi connectivity index (χ2v) is 3.20. The van der Waals surface area contributed by atoms with E-state index in [1.807, 2.05) is 6.07 Å². The minimum atomic E-state index is -0.0724. The molecule has 0 unspecified atom stereocenters. The first-order valence-electron chi connectivity index (χ1n) is 4.32. The number of pyridine rings is 1. The van der Waals surface area contributed by atoms with Crippen LogP contribution in [0.15, 0.2) is 18.5 Å². The number of hydrogen-bond acceptors (Lipinski definition) is 2. The molecule has 0 aliphatic heterocycles.